The topological polar surface area (TPSA) is 100 Å². The van der Waals surface area contributed by atoms with Crippen molar-refractivity contribution in [3.63, 3.8) is 0 Å². The Balaban J connectivity index is 1.52. The van der Waals surface area contributed by atoms with Gasteiger partial charge in [0.2, 0.25) is 5.95 Å². The first kappa shape index (κ1) is 15.8. The smallest absolute Gasteiger partial charge is 0.229 e. The SMILES string of the molecule is Cc1cc(NCc2nnc3ccccn23)nc(Nc2cccc(O)c2)n1. The molecule has 0 aliphatic carbocycles. The summed E-state index contributed by atoms with van der Waals surface area (Å²) in [5, 5.41) is 24.2. The highest BCUT2D eigenvalue weighted by molar-refractivity contribution is 5.57. The fraction of sp³-hybridized carbons (Fsp3) is 0.111. The summed E-state index contributed by atoms with van der Waals surface area (Å²) >= 11 is 0. The lowest BCUT2D eigenvalue weighted by atomic mass is 10.3. The molecule has 0 aliphatic heterocycles. The first-order valence-electron chi connectivity index (χ1n) is 8.12. The number of hydrogen-bond donors (Lipinski definition) is 3. The van der Waals surface area contributed by atoms with Gasteiger partial charge in [0.25, 0.3) is 0 Å². The second-order valence-electron chi connectivity index (χ2n) is 5.79. The van der Waals surface area contributed by atoms with Gasteiger partial charge in [-0.1, -0.05) is 12.1 Å². The highest BCUT2D eigenvalue weighted by Gasteiger charge is 2.07. The first-order chi connectivity index (χ1) is 12.7. The molecule has 0 amide bonds. The van der Waals surface area contributed by atoms with Gasteiger partial charge in [-0.05, 0) is 31.2 Å². The summed E-state index contributed by atoms with van der Waals surface area (Å²) in [5.74, 6) is 2.09. The fourth-order valence-corrected chi connectivity index (χ4v) is 2.61. The van der Waals surface area contributed by atoms with Gasteiger partial charge >= 0.3 is 0 Å². The second-order valence-corrected chi connectivity index (χ2v) is 5.79. The molecular formula is C18H17N7O. The molecule has 0 unspecified atom stereocenters. The summed E-state index contributed by atoms with van der Waals surface area (Å²) in [5.41, 5.74) is 2.33. The molecule has 3 aromatic heterocycles. The van der Waals surface area contributed by atoms with Gasteiger partial charge in [-0.3, -0.25) is 4.40 Å². The van der Waals surface area contributed by atoms with Gasteiger partial charge < -0.3 is 15.7 Å². The average molecular weight is 347 g/mol. The van der Waals surface area contributed by atoms with E-state index >= 15 is 0 Å². The van der Waals surface area contributed by atoms with E-state index in [0.717, 1.165) is 17.2 Å². The van der Waals surface area contributed by atoms with Gasteiger partial charge in [-0.2, -0.15) is 4.98 Å². The molecule has 0 spiro atoms. The number of phenolic OH excluding ortho intramolecular Hbond substituents is 1. The predicted octanol–water partition coefficient (Wildman–Crippen LogP) is 2.89. The van der Waals surface area contributed by atoms with Crippen LogP contribution in [-0.2, 0) is 6.54 Å². The zero-order valence-corrected chi connectivity index (χ0v) is 14.1. The molecule has 0 aliphatic rings. The van der Waals surface area contributed by atoms with E-state index in [4.69, 9.17) is 0 Å². The van der Waals surface area contributed by atoms with E-state index in [9.17, 15) is 5.11 Å². The van der Waals surface area contributed by atoms with Gasteiger partial charge in [0, 0.05) is 29.7 Å². The molecular weight excluding hydrogens is 330 g/mol. The number of aromatic nitrogens is 5. The number of nitrogens with zero attached hydrogens (tertiary/aromatic N) is 5. The molecule has 0 saturated heterocycles. The molecule has 1 aromatic carbocycles. The minimum absolute atomic E-state index is 0.180. The molecule has 8 heteroatoms. The van der Waals surface area contributed by atoms with Crippen LogP contribution < -0.4 is 10.6 Å². The Labute approximate surface area is 149 Å². The number of aromatic hydroxyl groups is 1. The number of pyridine rings is 1. The van der Waals surface area contributed by atoms with E-state index in [-0.39, 0.29) is 5.75 Å². The second kappa shape index (κ2) is 6.67. The fourth-order valence-electron chi connectivity index (χ4n) is 2.61. The monoisotopic (exact) mass is 347 g/mol. The molecule has 8 nitrogen and oxygen atoms in total. The molecule has 0 bridgehead atoms. The summed E-state index contributed by atoms with van der Waals surface area (Å²) in [6.07, 6.45) is 1.92. The van der Waals surface area contributed by atoms with E-state index < -0.39 is 0 Å². The number of phenols is 1. The summed E-state index contributed by atoms with van der Waals surface area (Å²) in [7, 11) is 0. The van der Waals surface area contributed by atoms with Crippen molar-refractivity contribution in [2.45, 2.75) is 13.5 Å². The molecule has 4 aromatic rings. The Hall–Kier alpha value is -3.68. The Kier molecular flexibility index (Phi) is 4.06. The standard InChI is InChI=1S/C18H17N7O/c1-12-9-15(19-11-17-24-23-16-7-2-3-8-25(16)17)22-18(20-12)21-13-5-4-6-14(26)10-13/h2-10,26H,11H2,1H3,(H2,19,20,21,22). The lowest BCUT2D eigenvalue weighted by molar-refractivity contribution is 0.475. The number of nitrogens with one attached hydrogen (secondary N) is 2. The number of benzene rings is 1. The van der Waals surface area contributed by atoms with Crippen molar-refractivity contribution < 1.29 is 5.11 Å². The first-order valence-corrected chi connectivity index (χ1v) is 8.12. The molecule has 0 radical (unpaired) electrons. The van der Waals surface area contributed by atoms with Crippen LogP contribution in [0.3, 0.4) is 0 Å². The van der Waals surface area contributed by atoms with Crippen LogP contribution in [0.25, 0.3) is 5.65 Å². The van der Waals surface area contributed by atoms with Crippen molar-refractivity contribution in [3.8, 4) is 5.75 Å². The number of fused-ring (bicyclic) bond motifs is 1. The van der Waals surface area contributed by atoms with Crippen molar-refractivity contribution >= 4 is 23.1 Å². The minimum atomic E-state index is 0.180. The van der Waals surface area contributed by atoms with Crippen molar-refractivity contribution in [3.05, 3.63) is 66.2 Å². The van der Waals surface area contributed by atoms with Crippen molar-refractivity contribution in [2.24, 2.45) is 0 Å². The van der Waals surface area contributed by atoms with E-state index in [2.05, 4.69) is 30.8 Å². The van der Waals surface area contributed by atoms with Gasteiger partial charge in [0.15, 0.2) is 11.5 Å². The van der Waals surface area contributed by atoms with Crippen LogP contribution in [0.1, 0.15) is 11.5 Å². The Morgan fingerprint density at radius 1 is 1.04 bits per heavy atom. The molecule has 0 atom stereocenters. The van der Waals surface area contributed by atoms with Crippen LogP contribution in [-0.4, -0.2) is 29.7 Å². The maximum absolute atomic E-state index is 9.57. The average Bonchev–Trinajstić information content (AvgIpc) is 3.03. The van der Waals surface area contributed by atoms with Crippen LogP contribution in [0.2, 0.25) is 0 Å². The van der Waals surface area contributed by atoms with Gasteiger partial charge in [-0.15, -0.1) is 10.2 Å². The lowest BCUT2D eigenvalue weighted by Crippen LogP contribution is -2.08. The zero-order valence-electron chi connectivity index (χ0n) is 14.1. The molecule has 4 rings (SSSR count). The molecule has 130 valence electrons. The molecule has 0 fully saturated rings. The summed E-state index contributed by atoms with van der Waals surface area (Å²) in [4.78, 5) is 8.84. The highest BCUT2D eigenvalue weighted by atomic mass is 16.3. The van der Waals surface area contributed by atoms with Crippen LogP contribution in [0.4, 0.5) is 17.5 Å². The van der Waals surface area contributed by atoms with Gasteiger partial charge in [-0.25, -0.2) is 4.98 Å². The van der Waals surface area contributed by atoms with Crippen LogP contribution in [0, 0.1) is 6.92 Å². The quantitative estimate of drug-likeness (QED) is 0.510. The Morgan fingerprint density at radius 3 is 2.85 bits per heavy atom. The third kappa shape index (κ3) is 3.39. The van der Waals surface area contributed by atoms with Crippen molar-refractivity contribution in [1.82, 2.24) is 24.6 Å². The minimum Gasteiger partial charge on any atom is -0.508 e. The molecule has 0 saturated carbocycles. The normalized spacial score (nSPS) is 10.8. The number of anilines is 3. The summed E-state index contributed by atoms with van der Waals surface area (Å²) in [6.45, 7) is 2.38. The third-order valence-corrected chi connectivity index (χ3v) is 3.77. The number of hydrogen-bond acceptors (Lipinski definition) is 7. The van der Waals surface area contributed by atoms with E-state index in [1.54, 1.807) is 18.2 Å². The van der Waals surface area contributed by atoms with E-state index in [0.29, 0.717) is 24.0 Å². The summed E-state index contributed by atoms with van der Waals surface area (Å²) < 4.78 is 1.92. The maximum atomic E-state index is 9.57. The Morgan fingerprint density at radius 2 is 1.96 bits per heavy atom. The number of rotatable bonds is 5. The lowest BCUT2D eigenvalue weighted by Gasteiger charge is -2.09. The highest BCUT2D eigenvalue weighted by Crippen LogP contribution is 2.20. The predicted molar refractivity (Wildman–Crippen MR) is 98.5 cm³/mol. The largest absolute Gasteiger partial charge is 0.508 e. The van der Waals surface area contributed by atoms with Crippen LogP contribution in [0.5, 0.6) is 5.75 Å². The summed E-state index contributed by atoms with van der Waals surface area (Å²) in [6, 6.07) is 14.4. The third-order valence-electron chi connectivity index (χ3n) is 3.77. The van der Waals surface area contributed by atoms with Crippen molar-refractivity contribution in [2.75, 3.05) is 10.6 Å². The zero-order chi connectivity index (χ0) is 17.9. The van der Waals surface area contributed by atoms with Gasteiger partial charge in [0.05, 0.1) is 6.54 Å². The number of aryl methyl sites for hydroxylation is 1. The van der Waals surface area contributed by atoms with E-state index in [1.807, 2.05) is 47.9 Å². The van der Waals surface area contributed by atoms with Crippen LogP contribution >= 0.6 is 0 Å². The van der Waals surface area contributed by atoms with E-state index in [1.165, 1.54) is 0 Å². The van der Waals surface area contributed by atoms with Crippen molar-refractivity contribution in [1.29, 1.82) is 0 Å². The molecule has 3 N–H and O–H groups in total. The van der Waals surface area contributed by atoms with Gasteiger partial charge in [0.1, 0.15) is 11.6 Å². The van der Waals surface area contributed by atoms with Crippen LogP contribution in [0.15, 0.2) is 54.7 Å². The molecule has 3 heterocycles. The maximum Gasteiger partial charge on any atom is 0.229 e. The molecule has 26 heavy (non-hydrogen) atoms. The Bertz CT molecular complexity index is 1060.